The lowest BCUT2D eigenvalue weighted by Crippen LogP contribution is -1.98. The van der Waals surface area contributed by atoms with Crippen LogP contribution in [0.4, 0.5) is 0 Å². The van der Waals surface area contributed by atoms with Gasteiger partial charge in [-0.05, 0) is 5.21 Å². The van der Waals surface area contributed by atoms with Gasteiger partial charge in [0, 0.05) is 12.1 Å². The maximum absolute atomic E-state index is 5.24. The first-order valence-electron chi connectivity index (χ1n) is 2.26. The number of aromatic nitrogens is 3. The number of nitrogens with two attached hydrogens (primary N) is 1. The highest BCUT2D eigenvalue weighted by atomic mass is 15.3. The lowest BCUT2D eigenvalue weighted by atomic mass is 10.4. The summed E-state index contributed by atoms with van der Waals surface area (Å²) in [4.78, 5) is 0. The van der Waals surface area contributed by atoms with E-state index in [0.717, 1.165) is 5.56 Å². The topological polar surface area (TPSA) is 64.7 Å². The van der Waals surface area contributed by atoms with E-state index in [1.54, 1.807) is 12.4 Å². The third kappa shape index (κ3) is 0.974. The molecule has 1 aromatic rings. The van der Waals surface area contributed by atoms with Crippen LogP contribution in [0.3, 0.4) is 0 Å². The molecule has 0 saturated carbocycles. The Morgan fingerprint density at radius 2 is 2.00 bits per heavy atom. The number of hydrogen-bond acceptors (Lipinski definition) is 4. The first kappa shape index (κ1) is 5.11. The lowest BCUT2D eigenvalue weighted by Gasteiger charge is -1.86. The third-order valence-electron chi connectivity index (χ3n) is 0.786. The molecule has 0 aliphatic rings. The molecule has 0 spiro atoms. The van der Waals surface area contributed by atoms with Crippen molar-refractivity contribution in [3.05, 3.63) is 18.0 Å². The third-order valence-corrected chi connectivity index (χ3v) is 0.786. The summed E-state index contributed by atoms with van der Waals surface area (Å²) in [6.45, 7) is 0.475. The van der Waals surface area contributed by atoms with Crippen molar-refractivity contribution in [2.45, 2.75) is 6.54 Å². The van der Waals surface area contributed by atoms with Crippen molar-refractivity contribution in [2.24, 2.45) is 5.73 Å². The van der Waals surface area contributed by atoms with Crippen molar-refractivity contribution in [3.63, 3.8) is 0 Å². The van der Waals surface area contributed by atoms with E-state index in [4.69, 9.17) is 5.73 Å². The molecule has 0 aromatic carbocycles. The second kappa shape index (κ2) is 2.32. The smallest absolute Gasteiger partial charge is 0.0574 e. The van der Waals surface area contributed by atoms with E-state index in [1.165, 1.54) is 0 Å². The van der Waals surface area contributed by atoms with Gasteiger partial charge >= 0.3 is 0 Å². The summed E-state index contributed by atoms with van der Waals surface area (Å²) in [7, 11) is 0. The van der Waals surface area contributed by atoms with E-state index in [2.05, 4.69) is 15.4 Å². The van der Waals surface area contributed by atoms with Crippen LogP contribution in [-0.2, 0) is 6.54 Å². The van der Waals surface area contributed by atoms with Crippen LogP contribution in [0.5, 0.6) is 0 Å². The average Bonchev–Trinajstić information content (AvgIpc) is 1.90. The van der Waals surface area contributed by atoms with Gasteiger partial charge in [0.2, 0.25) is 0 Å². The van der Waals surface area contributed by atoms with Crippen LogP contribution in [0.1, 0.15) is 5.56 Å². The molecule has 8 heavy (non-hydrogen) atoms. The Balaban J connectivity index is 2.83. The molecule has 4 nitrogen and oxygen atoms in total. The van der Waals surface area contributed by atoms with Gasteiger partial charge in [0.1, 0.15) is 0 Å². The van der Waals surface area contributed by atoms with Crippen molar-refractivity contribution in [1.82, 2.24) is 15.4 Å². The monoisotopic (exact) mass is 110 g/mol. The Hall–Kier alpha value is -1.03. The van der Waals surface area contributed by atoms with Crippen molar-refractivity contribution in [3.8, 4) is 0 Å². The molecule has 0 bridgehead atoms. The molecular weight excluding hydrogens is 104 g/mol. The largest absolute Gasteiger partial charge is 0.326 e. The van der Waals surface area contributed by atoms with E-state index in [9.17, 15) is 0 Å². The van der Waals surface area contributed by atoms with Crippen molar-refractivity contribution >= 4 is 0 Å². The molecule has 1 rings (SSSR count). The molecule has 0 saturated heterocycles. The van der Waals surface area contributed by atoms with Crippen LogP contribution >= 0.6 is 0 Å². The minimum atomic E-state index is 0.475. The first-order chi connectivity index (χ1) is 3.93. The standard InChI is InChI=1S/C4H6N4/c5-1-4-2-6-8-7-3-4/h2-3H,1,5H2. The second-order valence-electron chi connectivity index (χ2n) is 1.36. The molecule has 1 heterocycles. The Morgan fingerprint density at radius 1 is 1.38 bits per heavy atom. The number of rotatable bonds is 1. The zero-order chi connectivity index (χ0) is 5.82. The fourth-order valence-corrected chi connectivity index (χ4v) is 0.369. The highest BCUT2D eigenvalue weighted by Gasteiger charge is 1.83. The summed E-state index contributed by atoms with van der Waals surface area (Å²) in [6, 6.07) is 0. The SMILES string of the molecule is NCc1cnnnc1. The van der Waals surface area contributed by atoms with Gasteiger partial charge in [0.25, 0.3) is 0 Å². The molecule has 2 N–H and O–H groups in total. The molecule has 0 atom stereocenters. The van der Waals surface area contributed by atoms with Crippen molar-refractivity contribution in [1.29, 1.82) is 0 Å². The molecule has 4 heteroatoms. The summed E-state index contributed by atoms with van der Waals surface area (Å²) in [5.74, 6) is 0. The Morgan fingerprint density at radius 3 is 2.38 bits per heavy atom. The molecule has 0 fully saturated rings. The Labute approximate surface area is 46.7 Å². The normalized spacial score (nSPS) is 9.12. The van der Waals surface area contributed by atoms with Crippen molar-refractivity contribution in [2.75, 3.05) is 0 Å². The summed E-state index contributed by atoms with van der Waals surface area (Å²) in [5, 5.41) is 10.4. The van der Waals surface area contributed by atoms with Gasteiger partial charge in [0.05, 0.1) is 12.4 Å². The van der Waals surface area contributed by atoms with Gasteiger partial charge in [-0.15, -0.1) is 10.2 Å². The highest BCUT2D eigenvalue weighted by Crippen LogP contribution is 1.85. The molecular formula is C4H6N4. The fraction of sp³-hybridized carbons (Fsp3) is 0.250. The van der Waals surface area contributed by atoms with Crippen LogP contribution < -0.4 is 5.73 Å². The van der Waals surface area contributed by atoms with E-state index < -0.39 is 0 Å². The molecule has 0 aliphatic heterocycles. The van der Waals surface area contributed by atoms with E-state index in [0.29, 0.717) is 6.54 Å². The van der Waals surface area contributed by atoms with Crippen molar-refractivity contribution < 1.29 is 0 Å². The van der Waals surface area contributed by atoms with Gasteiger partial charge < -0.3 is 5.73 Å². The zero-order valence-corrected chi connectivity index (χ0v) is 4.28. The van der Waals surface area contributed by atoms with Crippen LogP contribution in [-0.4, -0.2) is 15.4 Å². The van der Waals surface area contributed by atoms with Gasteiger partial charge in [-0.3, -0.25) is 0 Å². The van der Waals surface area contributed by atoms with Crippen LogP contribution in [0.2, 0.25) is 0 Å². The predicted octanol–water partition coefficient (Wildman–Crippen LogP) is -0.670. The summed E-state index contributed by atoms with van der Waals surface area (Å²) in [6.07, 6.45) is 3.18. The van der Waals surface area contributed by atoms with Gasteiger partial charge in [-0.1, -0.05) is 0 Å². The number of nitrogens with zero attached hydrogens (tertiary/aromatic N) is 3. The summed E-state index contributed by atoms with van der Waals surface area (Å²) >= 11 is 0. The first-order valence-corrected chi connectivity index (χ1v) is 2.26. The van der Waals surface area contributed by atoms with E-state index in [-0.39, 0.29) is 0 Å². The maximum Gasteiger partial charge on any atom is 0.0574 e. The van der Waals surface area contributed by atoms with E-state index >= 15 is 0 Å². The molecule has 0 aliphatic carbocycles. The minimum absolute atomic E-state index is 0.475. The molecule has 1 aromatic heterocycles. The molecule has 42 valence electrons. The van der Waals surface area contributed by atoms with E-state index in [1.807, 2.05) is 0 Å². The van der Waals surface area contributed by atoms with Gasteiger partial charge in [-0.25, -0.2) is 0 Å². The summed E-state index contributed by atoms with van der Waals surface area (Å²) in [5.41, 5.74) is 6.14. The van der Waals surface area contributed by atoms with Crippen LogP contribution in [0.15, 0.2) is 12.4 Å². The second-order valence-corrected chi connectivity index (χ2v) is 1.36. The Kier molecular flexibility index (Phi) is 1.48. The lowest BCUT2D eigenvalue weighted by molar-refractivity contribution is 0.835. The average molecular weight is 110 g/mol. The predicted molar refractivity (Wildman–Crippen MR) is 27.7 cm³/mol. The maximum atomic E-state index is 5.24. The van der Waals surface area contributed by atoms with Crippen LogP contribution in [0.25, 0.3) is 0 Å². The molecule has 0 amide bonds. The Bertz CT molecular complexity index is 149. The minimum Gasteiger partial charge on any atom is -0.326 e. The van der Waals surface area contributed by atoms with Gasteiger partial charge in [-0.2, -0.15) is 0 Å². The van der Waals surface area contributed by atoms with Gasteiger partial charge in [0.15, 0.2) is 0 Å². The summed E-state index contributed by atoms with van der Waals surface area (Å²) < 4.78 is 0. The zero-order valence-electron chi connectivity index (χ0n) is 4.28. The number of hydrogen-bond donors (Lipinski definition) is 1. The molecule has 0 unspecified atom stereocenters. The quantitative estimate of drug-likeness (QED) is 0.520. The molecule has 0 radical (unpaired) electrons. The van der Waals surface area contributed by atoms with Crippen LogP contribution in [0, 0.1) is 0 Å². The fourth-order valence-electron chi connectivity index (χ4n) is 0.369. The highest BCUT2D eigenvalue weighted by molar-refractivity contribution is 4.98.